The third kappa shape index (κ3) is 5.45. The zero-order valence-electron chi connectivity index (χ0n) is 19.5. The lowest BCUT2D eigenvalue weighted by Crippen LogP contribution is -2.28. The molecular weight excluding hydrogens is 485 g/mol. The number of ether oxygens (including phenoxy) is 2. The molecule has 0 radical (unpaired) electrons. The number of carbonyl (C=O) groups is 1. The van der Waals surface area contributed by atoms with Gasteiger partial charge in [0, 0.05) is 41.2 Å². The van der Waals surface area contributed by atoms with E-state index in [1.54, 1.807) is 42.7 Å². The number of aromatic nitrogens is 2. The largest absolute Gasteiger partial charge is 0.496 e. The summed E-state index contributed by atoms with van der Waals surface area (Å²) in [6, 6.07) is 16.2. The van der Waals surface area contributed by atoms with Gasteiger partial charge in [-0.25, -0.2) is 9.37 Å². The molecule has 2 aromatic carbocycles. The van der Waals surface area contributed by atoms with Crippen LogP contribution in [0.25, 0.3) is 22.4 Å². The number of benzene rings is 2. The lowest BCUT2D eigenvalue weighted by Gasteiger charge is -2.15. The second kappa shape index (κ2) is 11.2. The van der Waals surface area contributed by atoms with Gasteiger partial charge in [-0.15, -0.1) is 0 Å². The minimum Gasteiger partial charge on any atom is -0.496 e. The minimum atomic E-state index is -1.11. The first kappa shape index (κ1) is 25.1. The predicted octanol–water partition coefficient (Wildman–Crippen LogP) is 5.08. The molecule has 0 saturated carbocycles. The molecule has 0 fully saturated rings. The van der Waals surface area contributed by atoms with Crippen LogP contribution in [-0.4, -0.2) is 41.7 Å². The van der Waals surface area contributed by atoms with Crippen LogP contribution >= 0.6 is 11.6 Å². The summed E-state index contributed by atoms with van der Waals surface area (Å²) in [5.41, 5.74) is 3.25. The molecule has 36 heavy (non-hydrogen) atoms. The van der Waals surface area contributed by atoms with E-state index in [1.165, 1.54) is 32.4 Å². The van der Waals surface area contributed by atoms with E-state index >= 15 is 0 Å². The second-order valence-corrected chi connectivity index (χ2v) is 8.21. The topological polar surface area (TPSA) is 93.6 Å². The number of methoxy groups -OCH3 is 2. The number of pyridine rings is 2. The Morgan fingerprint density at radius 3 is 2.56 bits per heavy atom. The highest BCUT2D eigenvalue weighted by Crippen LogP contribution is 2.32. The fraction of sp³-hybridized carbons (Fsp3) is 0.148. The van der Waals surface area contributed by atoms with Crippen LogP contribution in [0.2, 0.25) is 5.02 Å². The van der Waals surface area contributed by atoms with Gasteiger partial charge >= 0.3 is 0 Å². The number of hydrogen-bond acceptors (Lipinski definition) is 6. The van der Waals surface area contributed by atoms with Crippen molar-refractivity contribution in [3.05, 3.63) is 95.2 Å². The quantitative estimate of drug-likeness (QED) is 0.345. The smallest absolute Gasteiger partial charge is 0.251 e. The van der Waals surface area contributed by atoms with E-state index < -0.39 is 11.9 Å². The highest BCUT2D eigenvalue weighted by molar-refractivity contribution is 6.31. The van der Waals surface area contributed by atoms with Crippen LogP contribution in [0.1, 0.15) is 22.2 Å². The first-order valence-electron chi connectivity index (χ1n) is 11.0. The van der Waals surface area contributed by atoms with Crippen molar-refractivity contribution < 1.29 is 23.8 Å². The molecule has 7 nitrogen and oxygen atoms in total. The number of halogens is 2. The minimum absolute atomic E-state index is 0.0560. The Kier molecular flexibility index (Phi) is 7.77. The Balaban J connectivity index is 1.50. The van der Waals surface area contributed by atoms with Gasteiger partial charge in [0.05, 0.1) is 24.9 Å². The van der Waals surface area contributed by atoms with Gasteiger partial charge in [-0.3, -0.25) is 9.78 Å². The van der Waals surface area contributed by atoms with E-state index in [4.69, 9.17) is 21.1 Å². The summed E-state index contributed by atoms with van der Waals surface area (Å²) in [7, 11) is 3.01. The van der Waals surface area contributed by atoms with Crippen molar-refractivity contribution in [1.29, 1.82) is 0 Å². The van der Waals surface area contributed by atoms with Gasteiger partial charge in [0.15, 0.2) is 0 Å². The first-order valence-corrected chi connectivity index (χ1v) is 11.3. The summed E-state index contributed by atoms with van der Waals surface area (Å²) in [5.74, 6) is 0.0154. The SMILES string of the molecule is COc1cc(C(=O)NCC(O)c2ccc(OC)c(-c3ccc(F)c(Cl)c3)n2)ccc1-c1cccnc1. The zero-order chi connectivity index (χ0) is 25.7. The maximum Gasteiger partial charge on any atom is 0.251 e. The van der Waals surface area contributed by atoms with Crippen molar-refractivity contribution in [1.82, 2.24) is 15.3 Å². The van der Waals surface area contributed by atoms with Gasteiger partial charge < -0.3 is 19.9 Å². The standard InChI is InChI=1S/C27H23ClFN3O4/c1-35-24-10-9-22(32-26(24)16-6-8-21(29)20(28)12-16)23(33)15-31-27(34)17-5-7-19(25(13-17)36-2)18-4-3-11-30-14-18/h3-14,23,33H,15H2,1-2H3,(H,31,34). The Hall–Kier alpha value is -4.01. The van der Waals surface area contributed by atoms with Crippen molar-refractivity contribution in [2.45, 2.75) is 6.10 Å². The van der Waals surface area contributed by atoms with Crippen molar-refractivity contribution in [2.75, 3.05) is 20.8 Å². The van der Waals surface area contributed by atoms with E-state index in [9.17, 15) is 14.3 Å². The van der Waals surface area contributed by atoms with Crippen molar-refractivity contribution >= 4 is 17.5 Å². The maximum atomic E-state index is 13.6. The molecule has 2 aromatic heterocycles. The van der Waals surface area contributed by atoms with Crippen molar-refractivity contribution in [2.24, 2.45) is 0 Å². The molecule has 9 heteroatoms. The summed E-state index contributed by atoms with van der Waals surface area (Å²) in [4.78, 5) is 21.4. The third-order valence-corrected chi connectivity index (χ3v) is 5.82. The van der Waals surface area contributed by atoms with Gasteiger partial charge in [0.1, 0.15) is 29.1 Å². The molecule has 2 N–H and O–H groups in total. The number of nitrogens with zero attached hydrogens (tertiary/aromatic N) is 2. The maximum absolute atomic E-state index is 13.6. The number of amides is 1. The van der Waals surface area contributed by atoms with Crippen LogP contribution < -0.4 is 14.8 Å². The number of carbonyl (C=O) groups excluding carboxylic acids is 1. The molecule has 1 amide bonds. The van der Waals surface area contributed by atoms with Gasteiger partial charge in [-0.1, -0.05) is 17.7 Å². The summed E-state index contributed by atoms with van der Waals surface area (Å²) in [6.45, 7) is -0.0888. The molecule has 184 valence electrons. The fourth-order valence-corrected chi connectivity index (χ4v) is 3.83. The van der Waals surface area contributed by atoms with Crippen molar-refractivity contribution in [3.63, 3.8) is 0 Å². The molecule has 0 spiro atoms. The normalized spacial score (nSPS) is 11.6. The first-order chi connectivity index (χ1) is 17.4. The van der Waals surface area contributed by atoms with Gasteiger partial charge in [-0.2, -0.15) is 0 Å². The summed E-state index contributed by atoms with van der Waals surface area (Å²) >= 11 is 5.92. The molecule has 4 aromatic rings. The number of hydrogen-bond donors (Lipinski definition) is 2. The molecule has 4 rings (SSSR count). The second-order valence-electron chi connectivity index (χ2n) is 7.80. The van der Waals surface area contributed by atoms with Gasteiger partial charge in [0.25, 0.3) is 5.91 Å². The van der Waals surface area contributed by atoms with Crippen LogP contribution in [-0.2, 0) is 0 Å². The predicted molar refractivity (Wildman–Crippen MR) is 135 cm³/mol. The van der Waals surface area contributed by atoms with Gasteiger partial charge in [0.2, 0.25) is 0 Å². The molecule has 0 saturated heterocycles. The summed E-state index contributed by atoms with van der Waals surface area (Å²) in [5, 5.41) is 13.4. The molecule has 1 atom stereocenters. The lowest BCUT2D eigenvalue weighted by atomic mass is 10.0. The third-order valence-electron chi connectivity index (χ3n) is 5.53. The Bertz CT molecular complexity index is 1390. The molecule has 0 bridgehead atoms. The summed E-state index contributed by atoms with van der Waals surface area (Å²) in [6.07, 6.45) is 2.29. The van der Waals surface area contributed by atoms with E-state index in [-0.39, 0.29) is 17.5 Å². The summed E-state index contributed by atoms with van der Waals surface area (Å²) < 4.78 is 24.4. The Labute approximate surface area is 212 Å². The fourth-order valence-electron chi connectivity index (χ4n) is 3.65. The monoisotopic (exact) mass is 507 g/mol. The number of rotatable bonds is 8. The van der Waals surface area contributed by atoms with E-state index in [1.807, 2.05) is 12.1 Å². The van der Waals surface area contributed by atoms with Gasteiger partial charge in [-0.05, 0) is 54.6 Å². The van der Waals surface area contributed by atoms with Crippen LogP contribution in [0.5, 0.6) is 11.5 Å². The van der Waals surface area contributed by atoms with Crippen LogP contribution in [0.15, 0.2) is 73.1 Å². The molecule has 0 aliphatic rings. The average Bonchev–Trinajstić information content (AvgIpc) is 2.92. The van der Waals surface area contributed by atoms with Crippen LogP contribution in [0, 0.1) is 5.82 Å². The molecular formula is C27H23ClFN3O4. The number of aliphatic hydroxyl groups is 1. The van der Waals surface area contributed by atoms with Crippen molar-refractivity contribution in [3.8, 4) is 33.9 Å². The highest BCUT2D eigenvalue weighted by Gasteiger charge is 2.18. The molecule has 1 unspecified atom stereocenters. The molecule has 2 heterocycles. The average molecular weight is 508 g/mol. The zero-order valence-corrected chi connectivity index (χ0v) is 20.3. The molecule has 0 aliphatic carbocycles. The highest BCUT2D eigenvalue weighted by atomic mass is 35.5. The number of aliphatic hydroxyl groups excluding tert-OH is 1. The van der Waals surface area contributed by atoms with E-state index in [0.717, 1.165) is 11.1 Å². The van der Waals surface area contributed by atoms with E-state index in [2.05, 4.69) is 15.3 Å². The van der Waals surface area contributed by atoms with Crippen LogP contribution in [0.4, 0.5) is 4.39 Å². The van der Waals surface area contributed by atoms with E-state index in [0.29, 0.717) is 34.0 Å². The Morgan fingerprint density at radius 1 is 1.06 bits per heavy atom. The number of nitrogens with one attached hydrogen (secondary N) is 1. The van der Waals surface area contributed by atoms with Crippen LogP contribution in [0.3, 0.4) is 0 Å². The lowest BCUT2D eigenvalue weighted by molar-refractivity contribution is 0.0914. The molecule has 0 aliphatic heterocycles. The Morgan fingerprint density at radius 2 is 1.86 bits per heavy atom.